The van der Waals surface area contributed by atoms with E-state index in [-0.39, 0.29) is 0 Å². The van der Waals surface area contributed by atoms with Gasteiger partial charge in [-0.3, -0.25) is 0 Å². The van der Waals surface area contributed by atoms with Gasteiger partial charge in [-0.25, -0.2) is 15.0 Å². The van der Waals surface area contributed by atoms with E-state index in [2.05, 4.69) is 9.97 Å². The summed E-state index contributed by atoms with van der Waals surface area (Å²) in [5.41, 5.74) is 4.71. The van der Waals surface area contributed by atoms with Crippen LogP contribution in [-0.2, 0) is 5.75 Å². The number of rotatable bonds is 4. The maximum Gasteiger partial charge on any atom is 0.226 e. The Hall–Kier alpha value is -2.66. The molecule has 0 spiro atoms. The van der Waals surface area contributed by atoms with Crippen LogP contribution in [0.1, 0.15) is 17.1 Å². The highest BCUT2D eigenvalue weighted by molar-refractivity contribution is 7.98. The first kappa shape index (κ1) is 15.8. The SMILES string of the molecule is Cc1nc2ccccc2nc1SCc1nc(-c2ccccc2)oc1C. The van der Waals surface area contributed by atoms with E-state index in [9.17, 15) is 0 Å². The summed E-state index contributed by atoms with van der Waals surface area (Å²) in [5.74, 6) is 2.21. The molecule has 0 aliphatic carbocycles. The average molecular weight is 347 g/mol. The molecule has 0 aliphatic heterocycles. The minimum absolute atomic E-state index is 0.662. The molecule has 4 rings (SSSR count). The molecule has 0 radical (unpaired) electrons. The molecular formula is C20H17N3OS. The standard InChI is InChI=1S/C20H17N3OS/c1-13-20(23-17-11-7-6-10-16(17)21-13)25-12-18-14(2)24-19(22-18)15-8-4-3-5-9-15/h3-11H,12H2,1-2H3. The van der Waals surface area contributed by atoms with Gasteiger partial charge in [0, 0.05) is 11.3 Å². The van der Waals surface area contributed by atoms with Gasteiger partial charge in [0.1, 0.15) is 10.8 Å². The van der Waals surface area contributed by atoms with Crippen molar-refractivity contribution in [1.29, 1.82) is 0 Å². The minimum Gasteiger partial charge on any atom is -0.441 e. The summed E-state index contributed by atoms with van der Waals surface area (Å²) in [5, 5.41) is 0.933. The van der Waals surface area contributed by atoms with Crippen molar-refractivity contribution in [3.8, 4) is 11.5 Å². The van der Waals surface area contributed by atoms with Crippen LogP contribution in [0.15, 0.2) is 64.0 Å². The fraction of sp³-hybridized carbons (Fsp3) is 0.150. The highest BCUT2D eigenvalue weighted by Crippen LogP contribution is 2.28. The normalized spacial score (nSPS) is 11.1. The van der Waals surface area contributed by atoms with Crippen LogP contribution in [0.25, 0.3) is 22.5 Å². The molecule has 0 aliphatic rings. The van der Waals surface area contributed by atoms with Crippen LogP contribution in [0.5, 0.6) is 0 Å². The van der Waals surface area contributed by atoms with E-state index in [1.807, 2.05) is 68.4 Å². The monoisotopic (exact) mass is 347 g/mol. The number of thioether (sulfide) groups is 1. The van der Waals surface area contributed by atoms with Crippen molar-refractivity contribution in [2.24, 2.45) is 0 Å². The third-order valence-corrected chi connectivity index (χ3v) is 5.04. The van der Waals surface area contributed by atoms with E-state index in [1.54, 1.807) is 11.8 Å². The van der Waals surface area contributed by atoms with E-state index in [0.717, 1.165) is 38.8 Å². The second-order valence-electron chi connectivity index (χ2n) is 5.78. The smallest absolute Gasteiger partial charge is 0.226 e. The van der Waals surface area contributed by atoms with Gasteiger partial charge < -0.3 is 4.42 Å². The van der Waals surface area contributed by atoms with Crippen molar-refractivity contribution in [1.82, 2.24) is 15.0 Å². The topological polar surface area (TPSA) is 51.8 Å². The summed E-state index contributed by atoms with van der Waals surface area (Å²) in [6, 6.07) is 17.9. The second kappa shape index (κ2) is 6.69. The predicted molar refractivity (Wildman–Crippen MR) is 101 cm³/mol. The van der Waals surface area contributed by atoms with Crippen molar-refractivity contribution < 1.29 is 4.42 Å². The van der Waals surface area contributed by atoms with Crippen molar-refractivity contribution in [3.63, 3.8) is 0 Å². The molecule has 124 valence electrons. The first-order valence-corrected chi connectivity index (χ1v) is 9.07. The van der Waals surface area contributed by atoms with Gasteiger partial charge in [-0.05, 0) is 38.1 Å². The Morgan fingerprint density at radius 3 is 2.28 bits per heavy atom. The fourth-order valence-corrected chi connectivity index (χ4v) is 3.57. The highest BCUT2D eigenvalue weighted by atomic mass is 32.2. The van der Waals surface area contributed by atoms with Gasteiger partial charge in [0.15, 0.2) is 0 Å². The van der Waals surface area contributed by atoms with Crippen molar-refractivity contribution in [2.75, 3.05) is 0 Å². The summed E-state index contributed by atoms with van der Waals surface area (Å²) in [6.07, 6.45) is 0. The lowest BCUT2D eigenvalue weighted by atomic mass is 10.2. The molecule has 4 aromatic rings. The van der Waals surface area contributed by atoms with E-state index in [0.29, 0.717) is 11.6 Å². The van der Waals surface area contributed by atoms with Crippen LogP contribution in [0.3, 0.4) is 0 Å². The van der Waals surface area contributed by atoms with E-state index >= 15 is 0 Å². The van der Waals surface area contributed by atoms with Crippen LogP contribution < -0.4 is 0 Å². The van der Waals surface area contributed by atoms with Crippen LogP contribution in [0, 0.1) is 13.8 Å². The Morgan fingerprint density at radius 1 is 0.840 bits per heavy atom. The number of benzene rings is 2. The molecule has 0 bridgehead atoms. The van der Waals surface area contributed by atoms with Gasteiger partial charge in [-0.1, -0.05) is 42.1 Å². The minimum atomic E-state index is 0.662. The number of nitrogens with zero attached hydrogens (tertiary/aromatic N) is 3. The van der Waals surface area contributed by atoms with Gasteiger partial charge in [0.2, 0.25) is 5.89 Å². The fourth-order valence-electron chi connectivity index (χ4n) is 2.61. The van der Waals surface area contributed by atoms with Crippen LogP contribution in [-0.4, -0.2) is 15.0 Å². The zero-order valence-corrected chi connectivity index (χ0v) is 14.9. The van der Waals surface area contributed by atoms with Gasteiger partial charge in [0.25, 0.3) is 0 Å². The number of oxazole rings is 1. The summed E-state index contributed by atoms with van der Waals surface area (Å²) < 4.78 is 5.83. The van der Waals surface area contributed by atoms with Crippen molar-refractivity contribution in [2.45, 2.75) is 24.6 Å². The lowest BCUT2D eigenvalue weighted by Gasteiger charge is -2.05. The molecule has 0 amide bonds. The molecule has 0 N–H and O–H groups in total. The molecule has 0 atom stereocenters. The Bertz CT molecular complexity index is 1030. The van der Waals surface area contributed by atoms with Crippen LogP contribution in [0.4, 0.5) is 0 Å². The number of aryl methyl sites for hydroxylation is 2. The molecule has 0 unspecified atom stereocenters. The number of aromatic nitrogens is 3. The molecule has 0 saturated carbocycles. The molecule has 2 aromatic heterocycles. The number of fused-ring (bicyclic) bond motifs is 1. The third kappa shape index (κ3) is 3.28. The van der Waals surface area contributed by atoms with Crippen LogP contribution >= 0.6 is 11.8 Å². The van der Waals surface area contributed by atoms with Gasteiger partial charge in [-0.2, -0.15) is 0 Å². The van der Waals surface area contributed by atoms with Crippen LogP contribution in [0.2, 0.25) is 0 Å². The molecule has 2 aromatic carbocycles. The summed E-state index contributed by atoms with van der Waals surface area (Å²) in [4.78, 5) is 14.0. The maximum absolute atomic E-state index is 5.83. The molecular weight excluding hydrogens is 330 g/mol. The Morgan fingerprint density at radius 2 is 1.52 bits per heavy atom. The molecule has 0 fully saturated rings. The lowest BCUT2D eigenvalue weighted by molar-refractivity contribution is 0.540. The lowest BCUT2D eigenvalue weighted by Crippen LogP contribution is -1.94. The number of para-hydroxylation sites is 2. The van der Waals surface area contributed by atoms with E-state index in [4.69, 9.17) is 9.40 Å². The number of hydrogen-bond donors (Lipinski definition) is 0. The molecule has 4 nitrogen and oxygen atoms in total. The van der Waals surface area contributed by atoms with Gasteiger partial charge >= 0.3 is 0 Å². The van der Waals surface area contributed by atoms with Crippen molar-refractivity contribution >= 4 is 22.8 Å². The Balaban J connectivity index is 1.58. The van der Waals surface area contributed by atoms with E-state index in [1.165, 1.54) is 0 Å². The molecule has 25 heavy (non-hydrogen) atoms. The Labute approximate surface area is 150 Å². The zero-order valence-electron chi connectivity index (χ0n) is 14.1. The quantitative estimate of drug-likeness (QED) is 0.475. The number of hydrogen-bond acceptors (Lipinski definition) is 5. The largest absolute Gasteiger partial charge is 0.441 e. The first-order valence-electron chi connectivity index (χ1n) is 8.08. The Kier molecular flexibility index (Phi) is 4.24. The first-order chi connectivity index (χ1) is 12.2. The summed E-state index contributed by atoms with van der Waals surface area (Å²) in [7, 11) is 0. The molecule has 2 heterocycles. The van der Waals surface area contributed by atoms with Crippen molar-refractivity contribution in [3.05, 3.63) is 71.7 Å². The highest BCUT2D eigenvalue weighted by Gasteiger charge is 2.13. The molecule has 0 saturated heterocycles. The average Bonchev–Trinajstić information content (AvgIpc) is 3.01. The summed E-state index contributed by atoms with van der Waals surface area (Å²) >= 11 is 1.64. The van der Waals surface area contributed by atoms with Gasteiger partial charge in [-0.15, -0.1) is 0 Å². The predicted octanol–water partition coefficient (Wildman–Crippen LogP) is 5.19. The summed E-state index contributed by atoms with van der Waals surface area (Å²) in [6.45, 7) is 3.95. The third-order valence-electron chi connectivity index (χ3n) is 3.96. The maximum atomic E-state index is 5.83. The van der Waals surface area contributed by atoms with E-state index < -0.39 is 0 Å². The molecule has 5 heteroatoms. The second-order valence-corrected chi connectivity index (χ2v) is 6.74. The zero-order chi connectivity index (χ0) is 17.2. The van der Waals surface area contributed by atoms with Gasteiger partial charge in [0.05, 0.1) is 22.4 Å².